The van der Waals surface area contributed by atoms with Gasteiger partial charge in [-0.1, -0.05) is 22.0 Å². The Morgan fingerprint density at radius 2 is 1.90 bits per heavy atom. The molecule has 108 valence electrons. The Morgan fingerprint density at radius 1 is 1.19 bits per heavy atom. The van der Waals surface area contributed by atoms with Crippen molar-refractivity contribution >= 4 is 56.1 Å². The summed E-state index contributed by atoms with van der Waals surface area (Å²) in [6.07, 6.45) is 0. The molecule has 0 radical (unpaired) electrons. The van der Waals surface area contributed by atoms with Crippen LogP contribution in [0.25, 0.3) is 0 Å². The van der Waals surface area contributed by atoms with Crippen molar-refractivity contribution < 1.29 is 14.7 Å². The maximum absolute atomic E-state index is 12.3. The largest absolute Gasteiger partial charge is 0.478 e. The Kier molecular flexibility index (Phi) is 5.00. The summed E-state index contributed by atoms with van der Waals surface area (Å²) in [5.41, 5.74) is 1.97. The standard InChI is InChI=1S/C15H11BrINO3/c1-8-2-3-9(15(20)21)6-13(8)18-14(19)11-7-10(16)4-5-12(11)17/h2-7H,1H3,(H,18,19)(H,20,21). The summed E-state index contributed by atoms with van der Waals surface area (Å²) >= 11 is 5.42. The second-order valence-corrected chi connectivity index (χ2v) is 6.49. The number of amides is 1. The third-order valence-corrected chi connectivity index (χ3v) is 4.34. The van der Waals surface area contributed by atoms with Crippen LogP contribution in [0.2, 0.25) is 0 Å². The highest BCUT2D eigenvalue weighted by Crippen LogP contribution is 2.22. The van der Waals surface area contributed by atoms with E-state index in [2.05, 4.69) is 43.8 Å². The summed E-state index contributed by atoms with van der Waals surface area (Å²) in [5.74, 6) is -1.30. The van der Waals surface area contributed by atoms with Gasteiger partial charge in [-0.25, -0.2) is 4.79 Å². The van der Waals surface area contributed by atoms with Crippen molar-refractivity contribution in [2.75, 3.05) is 5.32 Å². The Bertz CT molecular complexity index is 731. The highest BCUT2D eigenvalue weighted by Gasteiger charge is 2.13. The molecule has 21 heavy (non-hydrogen) atoms. The molecule has 0 aliphatic rings. The van der Waals surface area contributed by atoms with Crippen LogP contribution in [0.5, 0.6) is 0 Å². The van der Waals surface area contributed by atoms with Gasteiger partial charge in [0.2, 0.25) is 0 Å². The van der Waals surface area contributed by atoms with Crippen molar-refractivity contribution in [3.05, 3.63) is 61.1 Å². The van der Waals surface area contributed by atoms with E-state index >= 15 is 0 Å². The number of rotatable bonds is 3. The number of carboxylic acid groups (broad SMARTS) is 1. The minimum atomic E-state index is -1.03. The molecule has 1 amide bonds. The lowest BCUT2D eigenvalue weighted by molar-refractivity contribution is 0.0696. The SMILES string of the molecule is Cc1ccc(C(=O)O)cc1NC(=O)c1cc(Br)ccc1I. The van der Waals surface area contributed by atoms with Crippen LogP contribution in [0.1, 0.15) is 26.3 Å². The van der Waals surface area contributed by atoms with Crippen LogP contribution in [-0.2, 0) is 0 Å². The lowest BCUT2D eigenvalue weighted by Crippen LogP contribution is -2.15. The van der Waals surface area contributed by atoms with E-state index in [-0.39, 0.29) is 11.5 Å². The van der Waals surface area contributed by atoms with E-state index in [1.807, 2.05) is 19.1 Å². The van der Waals surface area contributed by atoms with E-state index in [9.17, 15) is 9.59 Å². The number of carboxylic acids is 1. The molecule has 0 aliphatic heterocycles. The first-order valence-corrected chi connectivity index (χ1v) is 7.86. The molecule has 0 unspecified atom stereocenters. The Morgan fingerprint density at radius 3 is 2.57 bits per heavy atom. The Balaban J connectivity index is 2.33. The van der Waals surface area contributed by atoms with Crippen molar-refractivity contribution in [3.8, 4) is 0 Å². The fourth-order valence-corrected chi connectivity index (χ4v) is 2.69. The van der Waals surface area contributed by atoms with E-state index in [1.54, 1.807) is 12.1 Å². The average molecular weight is 460 g/mol. The maximum atomic E-state index is 12.3. The lowest BCUT2D eigenvalue weighted by atomic mass is 10.1. The van der Waals surface area contributed by atoms with Crippen molar-refractivity contribution in [2.45, 2.75) is 6.92 Å². The maximum Gasteiger partial charge on any atom is 0.335 e. The van der Waals surface area contributed by atoms with Crippen LogP contribution in [-0.4, -0.2) is 17.0 Å². The molecule has 2 aromatic carbocycles. The van der Waals surface area contributed by atoms with Gasteiger partial charge in [-0.3, -0.25) is 4.79 Å². The first kappa shape index (κ1) is 16.0. The molecule has 0 saturated heterocycles. The van der Waals surface area contributed by atoms with Crippen molar-refractivity contribution in [1.82, 2.24) is 0 Å². The molecule has 2 aromatic rings. The number of anilines is 1. The number of hydrogen-bond donors (Lipinski definition) is 2. The quantitative estimate of drug-likeness (QED) is 0.672. The van der Waals surface area contributed by atoms with E-state index in [0.717, 1.165) is 13.6 Å². The van der Waals surface area contributed by atoms with E-state index in [4.69, 9.17) is 5.11 Å². The Hall–Kier alpha value is -1.41. The van der Waals surface area contributed by atoms with Crippen LogP contribution in [0.3, 0.4) is 0 Å². The van der Waals surface area contributed by atoms with Gasteiger partial charge < -0.3 is 10.4 Å². The van der Waals surface area contributed by atoms with Gasteiger partial charge in [0.15, 0.2) is 0 Å². The molecular formula is C15H11BrINO3. The normalized spacial score (nSPS) is 10.2. The molecule has 0 spiro atoms. The highest BCUT2D eigenvalue weighted by atomic mass is 127. The Labute approximate surface area is 143 Å². The highest BCUT2D eigenvalue weighted by molar-refractivity contribution is 14.1. The molecular weight excluding hydrogens is 449 g/mol. The van der Waals surface area contributed by atoms with Crippen LogP contribution in [0.4, 0.5) is 5.69 Å². The van der Waals surface area contributed by atoms with Gasteiger partial charge in [-0.2, -0.15) is 0 Å². The summed E-state index contributed by atoms with van der Waals surface area (Å²) in [4.78, 5) is 23.3. The number of benzene rings is 2. The predicted molar refractivity (Wildman–Crippen MR) is 93.0 cm³/mol. The van der Waals surface area contributed by atoms with Crippen LogP contribution in [0.15, 0.2) is 40.9 Å². The van der Waals surface area contributed by atoms with Crippen molar-refractivity contribution in [2.24, 2.45) is 0 Å². The van der Waals surface area contributed by atoms with Crippen molar-refractivity contribution in [3.63, 3.8) is 0 Å². The average Bonchev–Trinajstić information content (AvgIpc) is 2.43. The zero-order valence-electron chi connectivity index (χ0n) is 11.0. The second-order valence-electron chi connectivity index (χ2n) is 4.41. The number of nitrogens with one attached hydrogen (secondary N) is 1. The minimum absolute atomic E-state index is 0.139. The predicted octanol–water partition coefficient (Wildman–Crippen LogP) is 4.31. The van der Waals surface area contributed by atoms with E-state index in [1.165, 1.54) is 12.1 Å². The molecule has 4 nitrogen and oxygen atoms in total. The molecule has 0 bridgehead atoms. The van der Waals surface area contributed by atoms with Gasteiger partial charge in [0, 0.05) is 13.7 Å². The van der Waals surface area contributed by atoms with Gasteiger partial charge in [0.05, 0.1) is 11.1 Å². The third-order valence-electron chi connectivity index (χ3n) is 2.91. The zero-order chi connectivity index (χ0) is 15.6. The molecule has 0 aliphatic carbocycles. The second kappa shape index (κ2) is 6.57. The molecule has 0 saturated carbocycles. The van der Waals surface area contributed by atoms with Gasteiger partial charge in [0.25, 0.3) is 5.91 Å². The molecule has 0 aromatic heterocycles. The summed E-state index contributed by atoms with van der Waals surface area (Å²) in [7, 11) is 0. The van der Waals surface area contributed by atoms with E-state index in [0.29, 0.717) is 11.3 Å². The molecule has 2 rings (SSSR count). The minimum Gasteiger partial charge on any atom is -0.478 e. The molecule has 0 atom stereocenters. The fraction of sp³-hybridized carbons (Fsp3) is 0.0667. The molecule has 0 heterocycles. The topological polar surface area (TPSA) is 66.4 Å². The van der Waals surface area contributed by atoms with E-state index < -0.39 is 5.97 Å². The van der Waals surface area contributed by atoms with Crippen LogP contribution >= 0.6 is 38.5 Å². The molecule has 0 fully saturated rings. The summed E-state index contributed by atoms with van der Waals surface area (Å²) in [6.45, 7) is 1.81. The number of hydrogen-bond acceptors (Lipinski definition) is 2. The fourth-order valence-electron chi connectivity index (χ4n) is 1.75. The van der Waals surface area contributed by atoms with Gasteiger partial charge in [-0.15, -0.1) is 0 Å². The number of aromatic carboxylic acids is 1. The lowest BCUT2D eigenvalue weighted by Gasteiger charge is -2.10. The van der Waals surface area contributed by atoms with Gasteiger partial charge in [-0.05, 0) is 65.4 Å². The number of carbonyl (C=O) groups excluding carboxylic acids is 1. The first-order valence-electron chi connectivity index (χ1n) is 5.99. The summed E-state index contributed by atoms with van der Waals surface area (Å²) < 4.78 is 1.63. The summed E-state index contributed by atoms with van der Waals surface area (Å²) in [5, 5.41) is 11.8. The third kappa shape index (κ3) is 3.82. The smallest absolute Gasteiger partial charge is 0.335 e. The zero-order valence-corrected chi connectivity index (χ0v) is 14.7. The monoisotopic (exact) mass is 459 g/mol. The van der Waals surface area contributed by atoms with Crippen LogP contribution in [0, 0.1) is 10.5 Å². The molecule has 6 heteroatoms. The summed E-state index contributed by atoms with van der Waals surface area (Å²) in [6, 6.07) is 10.1. The van der Waals surface area contributed by atoms with Crippen molar-refractivity contribution in [1.29, 1.82) is 0 Å². The van der Waals surface area contributed by atoms with Gasteiger partial charge in [0.1, 0.15) is 0 Å². The number of halogens is 2. The number of aryl methyl sites for hydroxylation is 1. The first-order chi connectivity index (χ1) is 9.88. The molecule has 2 N–H and O–H groups in total. The number of carbonyl (C=O) groups is 2. The van der Waals surface area contributed by atoms with Gasteiger partial charge >= 0.3 is 5.97 Å². The van der Waals surface area contributed by atoms with Crippen LogP contribution < -0.4 is 5.32 Å².